The number of hydrogen-bond acceptors (Lipinski definition) is 4. The molecule has 3 atom stereocenters. The van der Waals surface area contributed by atoms with Gasteiger partial charge >= 0.3 is 5.69 Å². The van der Waals surface area contributed by atoms with E-state index in [9.17, 15) is 14.0 Å². The molecule has 0 spiro atoms. The molecule has 7 heteroatoms. The monoisotopic (exact) mass is 394 g/mol. The van der Waals surface area contributed by atoms with E-state index in [4.69, 9.17) is 5.73 Å². The highest BCUT2D eigenvalue weighted by atomic mass is 19.1. The molecule has 2 aliphatic rings. The van der Waals surface area contributed by atoms with Crippen molar-refractivity contribution in [1.29, 1.82) is 0 Å². The lowest BCUT2D eigenvalue weighted by Crippen LogP contribution is -2.38. The zero-order valence-electron chi connectivity index (χ0n) is 16.0. The minimum atomic E-state index is -0.403. The highest BCUT2D eigenvalue weighted by molar-refractivity contribution is 5.80. The summed E-state index contributed by atoms with van der Waals surface area (Å²) < 4.78 is 14.4. The maximum Gasteiger partial charge on any atom is 0.328 e. The van der Waals surface area contributed by atoms with Crippen LogP contribution in [0, 0.1) is 17.7 Å². The Morgan fingerprint density at radius 3 is 2.66 bits per heavy atom. The van der Waals surface area contributed by atoms with Gasteiger partial charge in [0.15, 0.2) is 0 Å². The van der Waals surface area contributed by atoms with Crippen LogP contribution in [0.5, 0.6) is 0 Å². The molecule has 2 fully saturated rings. The number of fused-ring (bicyclic) bond motifs is 2. The number of nitrogens with one attached hydrogen (secondary N) is 1. The third-order valence-electron chi connectivity index (χ3n) is 6.58. The fourth-order valence-corrected chi connectivity index (χ4v) is 4.99. The quantitative estimate of drug-likeness (QED) is 0.664. The number of aromatic amines is 1. The summed E-state index contributed by atoms with van der Waals surface area (Å²) in [4.78, 5) is 30.2. The molecule has 3 unspecified atom stereocenters. The van der Waals surface area contributed by atoms with Crippen LogP contribution < -0.4 is 17.0 Å². The van der Waals surface area contributed by atoms with Gasteiger partial charge in [-0.1, -0.05) is 12.1 Å². The molecular formula is C22H23FN4O2. The number of halogens is 1. The van der Waals surface area contributed by atoms with Crippen molar-refractivity contribution in [3.63, 3.8) is 0 Å². The Hall–Kier alpha value is -2.93. The van der Waals surface area contributed by atoms with Crippen molar-refractivity contribution >= 4 is 16.6 Å². The molecule has 5 rings (SSSR count). The van der Waals surface area contributed by atoms with Gasteiger partial charge in [0.2, 0.25) is 0 Å². The predicted molar refractivity (Wildman–Crippen MR) is 110 cm³/mol. The van der Waals surface area contributed by atoms with Crippen LogP contribution in [0.15, 0.2) is 52.1 Å². The van der Waals surface area contributed by atoms with Gasteiger partial charge in [-0.15, -0.1) is 0 Å². The molecule has 2 heterocycles. The van der Waals surface area contributed by atoms with Crippen LogP contribution in [0.3, 0.4) is 0 Å². The van der Waals surface area contributed by atoms with E-state index in [-0.39, 0.29) is 11.4 Å². The van der Waals surface area contributed by atoms with Crippen molar-refractivity contribution in [3.8, 4) is 0 Å². The number of anilines is 1. The molecule has 6 nitrogen and oxygen atoms in total. The molecule has 0 amide bonds. The molecule has 3 aromatic rings. The van der Waals surface area contributed by atoms with E-state index in [0.29, 0.717) is 47.4 Å². The third-order valence-corrected chi connectivity index (χ3v) is 6.58. The molecule has 1 saturated heterocycles. The largest absolute Gasteiger partial charge is 0.399 e. The number of nitrogens with two attached hydrogens (primary N) is 1. The van der Waals surface area contributed by atoms with Crippen molar-refractivity contribution < 1.29 is 4.39 Å². The predicted octanol–water partition coefficient (Wildman–Crippen LogP) is 2.15. The van der Waals surface area contributed by atoms with E-state index in [2.05, 4.69) is 9.88 Å². The van der Waals surface area contributed by atoms with Crippen LogP contribution in [0.1, 0.15) is 17.9 Å². The topological polar surface area (TPSA) is 84.1 Å². The molecule has 150 valence electrons. The first-order valence-corrected chi connectivity index (χ1v) is 10.00. The average Bonchev–Trinajstić information content (AvgIpc) is 2.99. The summed E-state index contributed by atoms with van der Waals surface area (Å²) in [5.74, 6) is 1.48. The second kappa shape index (κ2) is 6.84. The maximum atomic E-state index is 13.2. The number of likely N-dealkylation sites (tertiary alicyclic amines) is 1. The Morgan fingerprint density at radius 1 is 1.07 bits per heavy atom. The molecular weight excluding hydrogens is 371 g/mol. The number of hydrogen-bond donors (Lipinski definition) is 2. The van der Waals surface area contributed by atoms with E-state index in [0.717, 1.165) is 19.5 Å². The van der Waals surface area contributed by atoms with Gasteiger partial charge in [-0.25, -0.2) is 9.18 Å². The Morgan fingerprint density at radius 2 is 1.86 bits per heavy atom. The van der Waals surface area contributed by atoms with E-state index < -0.39 is 5.69 Å². The standard InChI is InChI=1S/C22H23FN4O2/c23-15-3-1-13(2-4-15)18-9-14-11-26(12-19(14)18)7-8-27-21(28)17-6-5-16(24)10-20(17)25-22(27)29/h1-6,10,14,18-19H,7-9,11-12,24H2,(H,25,29). The van der Waals surface area contributed by atoms with Crippen molar-refractivity contribution in [2.75, 3.05) is 25.4 Å². The lowest BCUT2D eigenvalue weighted by atomic mass is 9.64. The van der Waals surface area contributed by atoms with E-state index in [1.54, 1.807) is 18.2 Å². The number of rotatable bonds is 4. The lowest BCUT2D eigenvalue weighted by molar-refractivity contribution is 0.191. The molecule has 2 aromatic carbocycles. The van der Waals surface area contributed by atoms with Gasteiger partial charge < -0.3 is 15.6 Å². The van der Waals surface area contributed by atoms with E-state index in [1.165, 1.54) is 22.3 Å². The highest BCUT2D eigenvalue weighted by Gasteiger charge is 2.47. The second-order valence-corrected chi connectivity index (χ2v) is 8.27. The van der Waals surface area contributed by atoms with Gasteiger partial charge in [0.25, 0.3) is 5.56 Å². The molecule has 1 aliphatic heterocycles. The summed E-state index contributed by atoms with van der Waals surface area (Å²) in [6.45, 7) is 2.95. The third kappa shape index (κ3) is 3.15. The number of aromatic nitrogens is 2. The summed E-state index contributed by atoms with van der Waals surface area (Å²) in [5.41, 5.74) is 7.24. The maximum absolute atomic E-state index is 13.2. The van der Waals surface area contributed by atoms with Gasteiger partial charge in [-0.05, 0) is 60.1 Å². The first-order valence-electron chi connectivity index (χ1n) is 10.00. The van der Waals surface area contributed by atoms with Crippen LogP contribution in [0.2, 0.25) is 0 Å². The smallest absolute Gasteiger partial charge is 0.328 e. The summed E-state index contributed by atoms with van der Waals surface area (Å²) in [7, 11) is 0. The van der Waals surface area contributed by atoms with Gasteiger partial charge in [-0.3, -0.25) is 9.36 Å². The number of nitrogens with zero attached hydrogens (tertiary/aromatic N) is 2. The first kappa shape index (κ1) is 18.1. The van der Waals surface area contributed by atoms with Crippen molar-refractivity contribution in [2.45, 2.75) is 18.9 Å². The Bertz CT molecular complexity index is 1180. The highest BCUT2D eigenvalue weighted by Crippen LogP contribution is 2.51. The lowest BCUT2D eigenvalue weighted by Gasteiger charge is -2.40. The normalized spacial score (nSPS) is 23.8. The SMILES string of the molecule is Nc1ccc2c(=O)n(CCN3CC4CC(c5ccc(F)cc5)C4C3)c(=O)[nH]c2c1. The van der Waals surface area contributed by atoms with Gasteiger partial charge in [0, 0.05) is 31.9 Å². The summed E-state index contributed by atoms with van der Waals surface area (Å²) in [6.07, 6.45) is 1.12. The minimum absolute atomic E-state index is 0.202. The molecule has 0 bridgehead atoms. The van der Waals surface area contributed by atoms with Crippen LogP contribution in [0.25, 0.3) is 10.9 Å². The van der Waals surface area contributed by atoms with Crippen LogP contribution in [0.4, 0.5) is 10.1 Å². The second-order valence-electron chi connectivity index (χ2n) is 8.27. The molecule has 1 aromatic heterocycles. The fourth-order valence-electron chi connectivity index (χ4n) is 4.99. The van der Waals surface area contributed by atoms with E-state index in [1.807, 2.05) is 12.1 Å². The van der Waals surface area contributed by atoms with Crippen molar-refractivity contribution in [1.82, 2.24) is 14.5 Å². The molecule has 29 heavy (non-hydrogen) atoms. The van der Waals surface area contributed by atoms with Crippen LogP contribution in [-0.4, -0.2) is 34.1 Å². The summed E-state index contributed by atoms with van der Waals surface area (Å²) in [5, 5.41) is 0.469. The first-order chi connectivity index (χ1) is 14.0. The van der Waals surface area contributed by atoms with Gasteiger partial charge in [-0.2, -0.15) is 0 Å². The molecule has 3 N–H and O–H groups in total. The minimum Gasteiger partial charge on any atom is -0.399 e. The number of nitrogen functional groups attached to an aromatic ring is 1. The average molecular weight is 394 g/mol. The Balaban J connectivity index is 1.28. The Kier molecular flexibility index (Phi) is 4.28. The van der Waals surface area contributed by atoms with E-state index >= 15 is 0 Å². The Labute approximate surface area is 166 Å². The van der Waals surface area contributed by atoms with Crippen molar-refractivity contribution in [2.24, 2.45) is 11.8 Å². The van der Waals surface area contributed by atoms with Gasteiger partial charge in [0.1, 0.15) is 5.82 Å². The summed E-state index contributed by atoms with van der Waals surface area (Å²) >= 11 is 0. The van der Waals surface area contributed by atoms with Crippen LogP contribution >= 0.6 is 0 Å². The summed E-state index contributed by atoms with van der Waals surface area (Å²) in [6, 6.07) is 11.8. The number of H-pyrrole nitrogens is 1. The zero-order chi connectivity index (χ0) is 20.1. The molecule has 1 aliphatic carbocycles. The zero-order valence-corrected chi connectivity index (χ0v) is 16.0. The van der Waals surface area contributed by atoms with Gasteiger partial charge in [0.05, 0.1) is 10.9 Å². The fraction of sp³-hybridized carbons (Fsp3) is 0.364. The number of benzene rings is 2. The van der Waals surface area contributed by atoms with Crippen LogP contribution in [-0.2, 0) is 6.54 Å². The molecule has 1 saturated carbocycles. The van der Waals surface area contributed by atoms with Crippen molar-refractivity contribution in [3.05, 3.63) is 74.7 Å². The molecule has 0 radical (unpaired) electrons.